The number of hydrogen-bond donors (Lipinski definition) is 2. The van der Waals surface area contributed by atoms with E-state index in [1.165, 1.54) is 37.4 Å². The molecular weight excluding hydrogens is 342 g/mol. The molecule has 0 aliphatic rings. The van der Waals surface area contributed by atoms with Crippen LogP contribution in [0.2, 0.25) is 0 Å². The van der Waals surface area contributed by atoms with E-state index < -0.39 is 17.9 Å². The monoisotopic (exact) mass is 357 g/mol. The van der Waals surface area contributed by atoms with E-state index in [9.17, 15) is 17.6 Å². The smallest absolute Gasteiger partial charge is 0.494 e. The average Bonchev–Trinajstić information content (AvgIpc) is 2.53. The summed E-state index contributed by atoms with van der Waals surface area (Å²) in [7, 11) is 1.35. The van der Waals surface area contributed by atoms with Gasteiger partial charge in [-0.1, -0.05) is 18.2 Å². The molecule has 0 amide bonds. The SMILES string of the molecule is COc1ccc(CN=C(N)Nc2ccccc2OC(F)(F)F)cc1F. The number of methoxy groups -OCH3 is 1. The molecule has 0 aliphatic heterocycles. The van der Waals surface area contributed by atoms with E-state index in [1.807, 2.05) is 0 Å². The molecule has 0 atom stereocenters. The van der Waals surface area contributed by atoms with Gasteiger partial charge in [0.05, 0.1) is 19.3 Å². The lowest BCUT2D eigenvalue weighted by Gasteiger charge is -2.14. The topological polar surface area (TPSA) is 68.9 Å². The fourth-order valence-electron chi connectivity index (χ4n) is 1.95. The zero-order valence-electron chi connectivity index (χ0n) is 13.1. The highest BCUT2D eigenvalue weighted by Gasteiger charge is 2.32. The first-order valence-corrected chi connectivity index (χ1v) is 7.02. The van der Waals surface area contributed by atoms with Gasteiger partial charge in [-0.15, -0.1) is 13.2 Å². The Morgan fingerprint density at radius 2 is 1.88 bits per heavy atom. The third kappa shape index (κ3) is 5.55. The van der Waals surface area contributed by atoms with Gasteiger partial charge in [0, 0.05) is 0 Å². The molecule has 0 spiro atoms. The van der Waals surface area contributed by atoms with Crippen LogP contribution in [0.3, 0.4) is 0 Å². The van der Waals surface area contributed by atoms with Crippen LogP contribution in [0.15, 0.2) is 47.5 Å². The summed E-state index contributed by atoms with van der Waals surface area (Å²) in [4.78, 5) is 3.96. The van der Waals surface area contributed by atoms with Crippen LogP contribution in [0.1, 0.15) is 5.56 Å². The number of ether oxygens (including phenoxy) is 2. The molecule has 2 rings (SSSR count). The number of nitrogens with two attached hydrogens (primary N) is 1. The number of hydrogen-bond acceptors (Lipinski definition) is 3. The Morgan fingerprint density at radius 3 is 2.52 bits per heavy atom. The minimum Gasteiger partial charge on any atom is -0.494 e. The number of alkyl halides is 3. The zero-order valence-corrected chi connectivity index (χ0v) is 13.1. The van der Waals surface area contributed by atoms with E-state index >= 15 is 0 Å². The average molecular weight is 357 g/mol. The number of aliphatic imine (C=N–C) groups is 1. The number of benzene rings is 2. The van der Waals surface area contributed by atoms with Crippen molar-refractivity contribution < 1.29 is 27.0 Å². The highest BCUT2D eigenvalue weighted by Crippen LogP contribution is 2.29. The molecule has 0 fully saturated rings. The van der Waals surface area contributed by atoms with E-state index in [0.29, 0.717) is 5.56 Å². The van der Waals surface area contributed by atoms with Crippen molar-refractivity contribution in [2.75, 3.05) is 12.4 Å². The van der Waals surface area contributed by atoms with Crippen LogP contribution in [-0.4, -0.2) is 19.4 Å². The van der Waals surface area contributed by atoms with Crippen LogP contribution in [0.5, 0.6) is 11.5 Å². The van der Waals surface area contributed by atoms with E-state index in [0.717, 1.165) is 6.07 Å². The van der Waals surface area contributed by atoms with E-state index in [-0.39, 0.29) is 23.9 Å². The zero-order chi connectivity index (χ0) is 18.4. The van der Waals surface area contributed by atoms with Gasteiger partial charge in [0.25, 0.3) is 0 Å². The van der Waals surface area contributed by atoms with E-state index in [4.69, 9.17) is 10.5 Å². The molecule has 2 aromatic carbocycles. The van der Waals surface area contributed by atoms with Crippen LogP contribution in [0.4, 0.5) is 23.2 Å². The number of nitrogens with zero attached hydrogens (tertiary/aromatic N) is 1. The third-order valence-corrected chi connectivity index (χ3v) is 3.02. The number of nitrogens with one attached hydrogen (secondary N) is 1. The lowest BCUT2D eigenvalue weighted by Crippen LogP contribution is -2.24. The van der Waals surface area contributed by atoms with Crippen molar-refractivity contribution in [3.8, 4) is 11.5 Å². The molecule has 0 unspecified atom stereocenters. The Balaban J connectivity index is 2.08. The van der Waals surface area contributed by atoms with Gasteiger partial charge in [-0.25, -0.2) is 9.38 Å². The molecule has 3 N–H and O–H groups in total. The summed E-state index contributed by atoms with van der Waals surface area (Å²) in [6.07, 6.45) is -4.83. The molecule has 134 valence electrons. The third-order valence-electron chi connectivity index (χ3n) is 3.02. The highest BCUT2D eigenvalue weighted by molar-refractivity contribution is 5.93. The first-order valence-electron chi connectivity index (χ1n) is 7.02. The maximum atomic E-state index is 13.6. The Morgan fingerprint density at radius 1 is 1.16 bits per heavy atom. The van der Waals surface area contributed by atoms with Gasteiger partial charge in [0.2, 0.25) is 0 Å². The number of anilines is 1. The normalized spacial score (nSPS) is 12.0. The van der Waals surface area contributed by atoms with Crippen LogP contribution >= 0.6 is 0 Å². The Labute approximate surface area is 141 Å². The molecule has 0 heterocycles. The predicted molar refractivity (Wildman–Crippen MR) is 85.0 cm³/mol. The Kier molecular flexibility index (Phi) is 5.68. The van der Waals surface area contributed by atoms with E-state index in [2.05, 4.69) is 15.0 Å². The lowest BCUT2D eigenvalue weighted by molar-refractivity contribution is -0.274. The number of rotatable bonds is 5. The largest absolute Gasteiger partial charge is 0.573 e. The number of para-hydroxylation sites is 2. The van der Waals surface area contributed by atoms with Crippen molar-refractivity contribution in [2.24, 2.45) is 10.7 Å². The van der Waals surface area contributed by atoms with E-state index in [1.54, 1.807) is 6.07 Å². The minimum atomic E-state index is -4.83. The van der Waals surface area contributed by atoms with Gasteiger partial charge < -0.3 is 20.5 Å². The molecule has 2 aromatic rings. The molecule has 0 aromatic heterocycles. The highest BCUT2D eigenvalue weighted by atomic mass is 19.4. The van der Waals surface area contributed by atoms with Crippen molar-refractivity contribution in [1.29, 1.82) is 0 Å². The summed E-state index contributed by atoms with van der Waals surface area (Å²) in [6, 6.07) is 9.67. The van der Waals surface area contributed by atoms with Crippen LogP contribution in [-0.2, 0) is 6.54 Å². The summed E-state index contributed by atoms with van der Waals surface area (Å²) in [5.74, 6) is -1.04. The van der Waals surface area contributed by atoms with Crippen molar-refractivity contribution >= 4 is 11.6 Å². The summed E-state index contributed by atoms with van der Waals surface area (Å²) in [5.41, 5.74) is 6.18. The van der Waals surface area contributed by atoms with Crippen molar-refractivity contribution in [3.05, 3.63) is 53.8 Å². The fraction of sp³-hybridized carbons (Fsp3) is 0.188. The molecule has 5 nitrogen and oxygen atoms in total. The molecule has 0 saturated carbocycles. The number of halogens is 4. The first-order chi connectivity index (χ1) is 11.8. The van der Waals surface area contributed by atoms with Crippen LogP contribution < -0.4 is 20.5 Å². The van der Waals surface area contributed by atoms with Gasteiger partial charge in [0.1, 0.15) is 0 Å². The van der Waals surface area contributed by atoms with Gasteiger partial charge in [-0.3, -0.25) is 0 Å². The number of guanidine groups is 1. The lowest BCUT2D eigenvalue weighted by atomic mass is 10.2. The summed E-state index contributed by atoms with van der Waals surface area (Å²) in [6.45, 7) is 0.0298. The first kappa shape index (κ1) is 18.4. The van der Waals surface area contributed by atoms with Crippen LogP contribution in [0.25, 0.3) is 0 Å². The predicted octanol–water partition coefficient (Wildman–Crippen LogP) is 3.66. The molecular formula is C16H15F4N3O2. The summed E-state index contributed by atoms with van der Waals surface area (Å²) in [5, 5.41) is 2.52. The molecule has 0 radical (unpaired) electrons. The van der Waals surface area contributed by atoms with Gasteiger partial charge in [0.15, 0.2) is 23.3 Å². The second-order valence-corrected chi connectivity index (χ2v) is 4.84. The standard InChI is InChI=1S/C16H15F4N3O2/c1-24-13-7-6-10(8-11(13)17)9-22-15(21)23-12-4-2-3-5-14(12)25-16(18,19)20/h2-8H,9H2,1H3,(H3,21,22,23). The maximum absolute atomic E-state index is 13.6. The molecule has 9 heteroatoms. The molecule has 0 saturated heterocycles. The Bertz CT molecular complexity index is 763. The summed E-state index contributed by atoms with van der Waals surface area (Å²) >= 11 is 0. The van der Waals surface area contributed by atoms with Crippen molar-refractivity contribution in [2.45, 2.75) is 12.9 Å². The molecule has 0 aliphatic carbocycles. The minimum absolute atomic E-state index is 0.00184. The maximum Gasteiger partial charge on any atom is 0.573 e. The fourth-order valence-corrected chi connectivity index (χ4v) is 1.95. The Hall–Kier alpha value is -2.97. The quantitative estimate of drug-likeness (QED) is 0.487. The van der Waals surface area contributed by atoms with Gasteiger partial charge >= 0.3 is 6.36 Å². The summed E-state index contributed by atoms with van der Waals surface area (Å²) < 4.78 is 59.4. The van der Waals surface area contributed by atoms with Crippen molar-refractivity contribution in [1.82, 2.24) is 0 Å². The van der Waals surface area contributed by atoms with Gasteiger partial charge in [-0.05, 0) is 29.8 Å². The second kappa shape index (κ2) is 7.73. The second-order valence-electron chi connectivity index (χ2n) is 4.84. The molecule has 0 bridgehead atoms. The van der Waals surface area contributed by atoms with Crippen molar-refractivity contribution in [3.63, 3.8) is 0 Å². The molecule has 25 heavy (non-hydrogen) atoms. The van der Waals surface area contributed by atoms with Gasteiger partial charge in [-0.2, -0.15) is 0 Å². The van der Waals surface area contributed by atoms with Crippen LogP contribution in [0, 0.1) is 5.82 Å².